The lowest BCUT2D eigenvalue weighted by atomic mass is 10.1. The third-order valence-electron chi connectivity index (χ3n) is 4.66. The number of anilines is 1. The van der Waals surface area contributed by atoms with Crippen molar-refractivity contribution in [3.8, 4) is 22.8 Å². The largest absolute Gasteiger partial charge is 0.508 e. The minimum atomic E-state index is -0.218. The van der Waals surface area contributed by atoms with Crippen molar-refractivity contribution in [2.45, 2.75) is 12.1 Å². The van der Waals surface area contributed by atoms with Crippen LogP contribution in [0.4, 0.5) is 5.69 Å². The Morgan fingerprint density at radius 1 is 0.969 bits per heavy atom. The lowest BCUT2D eigenvalue weighted by Crippen LogP contribution is -2.15. The Balaban J connectivity index is 1.56. The number of carbonyl (C=O) groups is 2. The van der Waals surface area contributed by atoms with Gasteiger partial charge in [-0.05, 0) is 55.5 Å². The number of aromatic hydroxyl groups is 1. The van der Waals surface area contributed by atoms with E-state index in [1.54, 1.807) is 48.5 Å². The van der Waals surface area contributed by atoms with Crippen molar-refractivity contribution >= 4 is 29.1 Å². The SMILES string of the molecule is CC(=O)c1cccc(NC(=O)CSc2nnc(-c3ccc(O)cc3)n2-c2ccccc2)c1. The number of hydrogen-bond donors (Lipinski definition) is 2. The highest BCUT2D eigenvalue weighted by Gasteiger charge is 2.17. The molecule has 0 unspecified atom stereocenters. The normalized spacial score (nSPS) is 10.7. The van der Waals surface area contributed by atoms with E-state index >= 15 is 0 Å². The van der Waals surface area contributed by atoms with Gasteiger partial charge in [-0.15, -0.1) is 10.2 Å². The summed E-state index contributed by atoms with van der Waals surface area (Å²) in [5, 5.41) is 21.6. The molecule has 4 aromatic rings. The number of para-hydroxylation sites is 1. The predicted octanol–water partition coefficient (Wildman–Crippen LogP) is 4.57. The summed E-state index contributed by atoms with van der Waals surface area (Å²) in [6.07, 6.45) is 0. The van der Waals surface area contributed by atoms with Gasteiger partial charge in [-0.1, -0.05) is 42.1 Å². The number of nitrogens with one attached hydrogen (secondary N) is 1. The topological polar surface area (TPSA) is 97.1 Å². The van der Waals surface area contributed by atoms with Crippen LogP contribution in [0.25, 0.3) is 17.1 Å². The second kappa shape index (κ2) is 9.49. The first-order chi connectivity index (χ1) is 15.5. The molecule has 0 saturated carbocycles. The van der Waals surface area contributed by atoms with Gasteiger partial charge >= 0.3 is 0 Å². The van der Waals surface area contributed by atoms with Crippen molar-refractivity contribution in [1.82, 2.24) is 14.8 Å². The molecule has 1 heterocycles. The predicted molar refractivity (Wildman–Crippen MR) is 124 cm³/mol. The van der Waals surface area contributed by atoms with Gasteiger partial charge < -0.3 is 10.4 Å². The molecule has 32 heavy (non-hydrogen) atoms. The maximum Gasteiger partial charge on any atom is 0.234 e. The van der Waals surface area contributed by atoms with Gasteiger partial charge in [0.05, 0.1) is 5.75 Å². The zero-order valence-corrected chi connectivity index (χ0v) is 18.0. The lowest BCUT2D eigenvalue weighted by Gasteiger charge is -2.11. The molecule has 160 valence electrons. The summed E-state index contributed by atoms with van der Waals surface area (Å²) in [6.45, 7) is 1.48. The fourth-order valence-corrected chi connectivity index (χ4v) is 3.87. The molecule has 0 saturated heterocycles. The van der Waals surface area contributed by atoms with E-state index in [2.05, 4.69) is 15.5 Å². The van der Waals surface area contributed by atoms with Crippen molar-refractivity contribution in [3.05, 3.63) is 84.4 Å². The zero-order valence-electron chi connectivity index (χ0n) is 17.2. The van der Waals surface area contributed by atoms with E-state index in [4.69, 9.17) is 0 Å². The number of phenolic OH excluding ortho intramolecular Hbond substituents is 1. The van der Waals surface area contributed by atoms with Gasteiger partial charge in [0.15, 0.2) is 16.8 Å². The molecule has 8 heteroatoms. The zero-order chi connectivity index (χ0) is 22.5. The van der Waals surface area contributed by atoms with E-state index in [0.29, 0.717) is 22.2 Å². The Morgan fingerprint density at radius 2 is 1.72 bits per heavy atom. The molecule has 2 N–H and O–H groups in total. The summed E-state index contributed by atoms with van der Waals surface area (Å²) in [7, 11) is 0. The molecule has 4 rings (SSSR count). The van der Waals surface area contributed by atoms with Gasteiger partial charge in [0, 0.05) is 22.5 Å². The Kier molecular flexibility index (Phi) is 6.32. The van der Waals surface area contributed by atoms with Crippen LogP contribution < -0.4 is 5.32 Å². The van der Waals surface area contributed by atoms with E-state index in [1.807, 2.05) is 34.9 Å². The van der Waals surface area contributed by atoms with Crippen molar-refractivity contribution in [3.63, 3.8) is 0 Å². The molecule has 0 aliphatic carbocycles. The number of nitrogens with zero attached hydrogens (tertiary/aromatic N) is 3. The number of amides is 1. The molecule has 0 radical (unpaired) electrons. The highest BCUT2D eigenvalue weighted by Crippen LogP contribution is 2.29. The molecule has 0 bridgehead atoms. The van der Waals surface area contributed by atoms with E-state index in [9.17, 15) is 14.7 Å². The first-order valence-electron chi connectivity index (χ1n) is 9.85. The molecule has 3 aromatic carbocycles. The van der Waals surface area contributed by atoms with E-state index in [0.717, 1.165) is 11.3 Å². The molecule has 1 aromatic heterocycles. The lowest BCUT2D eigenvalue weighted by molar-refractivity contribution is -0.113. The number of phenols is 1. The molecule has 0 aliphatic rings. The highest BCUT2D eigenvalue weighted by molar-refractivity contribution is 7.99. The third kappa shape index (κ3) is 4.87. The minimum Gasteiger partial charge on any atom is -0.508 e. The third-order valence-corrected chi connectivity index (χ3v) is 5.59. The van der Waals surface area contributed by atoms with Crippen molar-refractivity contribution < 1.29 is 14.7 Å². The van der Waals surface area contributed by atoms with Crippen LogP contribution in [0.2, 0.25) is 0 Å². The number of ketones is 1. The van der Waals surface area contributed by atoms with Crippen LogP contribution in [0.5, 0.6) is 5.75 Å². The van der Waals surface area contributed by atoms with Crippen LogP contribution in [0, 0.1) is 0 Å². The Bertz CT molecular complexity index is 1250. The smallest absolute Gasteiger partial charge is 0.234 e. The first kappa shape index (κ1) is 21.3. The van der Waals surface area contributed by atoms with Crippen LogP contribution in [0.15, 0.2) is 84.0 Å². The summed E-state index contributed by atoms with van der Waals surface area (Å²) in [4.78, 5) is 24.1. The minimum absolute atomic E-state index is 0.0619. The summed E-state index contributed by atoms with van der Waals surface area (Å²) in [5.41, 5.74) is 2.75. The van der Waals surface area contributed by atoms with Gasteiger partial charge in [-0.3, -0.25) is 14.2 Å². The number of carbonyl (C=O) groups excluding carboxylic acids is 2. The van der Waals surface area contributed by atoms with Crippen molar-refractivity contribution in [1.29, 1.82) is 0 Å². The fourth-order valence-electron chi connectivity index (χ4n) is 3.11. The summed E-state index contributed by atoms with van der Waals surface area (Å²) >= 11 is 1.26. The average Bonchev–Trinajstić information content (AvgIpc) is 3.23. The quantitative estimate of drug-likeness (QED) is 0.320. The van der Waals surface area contributed by atoms with Crippen LogP contribution in [0.1, 0.15) is 17.3 Å². The summed E-state index contributed by atoms with van der Waals surface area (Å²) in [6, 6.07) is 23.2. The van der Waals surface area contributed by atoms with Gasteiger partial charge in [0.1, 0.15) is 5.75 Å². The molecule has 0 spiro atoms. The average molecular weight is 445 g/mol. The van der Waals surface area contributed by atoms with Crippen LogP contribution >= 0.6 is 11.8 Å². The van der Waals surface area contributed by atoms with Gasteiger partial charge in [0.25, 0.3) is 0 Å². The second-order valence-electron chi connectivity index (χ2n) is 7.00. The summed E-state index contributed by atoms with van der Waals surface area (Å²) in [5.74, 6) is 0.607. The number of Topliss-reactive ketones (excluding diaryl/α,β-unsaturated/α-hetero) is 1. The van der Waals surface area contributed by atoms with Gasteiger partial charge in [-0.2, -0.15) is 0 Å². The first-order valence-corrected chi connectivity index (χ1v) is 10.8. The van der Waals surface area contributed by atoms with Gasteiger partial charge in [0.2, 0.25) is 5.91 Å². The van der Waals surface area contributed by atoms with Crippen LogP contribution in [-0.2, 0) is 4.79 Å². The highest BCUT2D eigenvalue weighted by atomic mass is 32.2. The monoisotopic (exact) mass is 444 g/mol. The molecule has 0 aliphatic heterocycles. The van der Waals surface area contributed by atoms with E-state index < -0.39 is 0 Å². The molecule has 0 fully saturated rings. The van der Waals surface area contributed by atoms with Crippen molar-refractivity contribution in [2.24, 2.45) is 0 Å². The maximum absolute atomic E-state index is 12.5. The Morgan fingerprint density at radius 3 is 2.44 bits per heavy atom. The van der Waals surface area contributed by atoms with Crippen LogP contribution in [0.3, 0.4) is 0 Å². The fraction of sp³-hybridized carbons (Fsp3) is 0.0833. The van der Waals surface area contributed by atoms with Crippen molar-refractivity contribution in [2.75, 3.05) is 11.1 Å². The Hall–Kier alpha value is -3.91. The van der Waals surface area contributed by atoms with E-state index in [1.165, 1.54) is 18.7 Å². The number of thioether (sulfide) groups is 1. The molecular formula is C24H20N4O3S. The standard InChI is InChI=1S/C24H20N4O3S/c1-16(29)18-6-5-7-19(14-18)25-22(31)15-32-24-27-26-23(17-10-12-21(30)13-11-17)28(24)20-8-3-2-4-9-20/h2-14,30H,15H2,1H3,(H,25,31). The molecule has 7 nitrogen and oxygen atoms in total. The molecular weight excluding hydrogens is 424 g/mol. The maximum atomic E-state index is 12.5. The van der Waals surface area contributed by atoms with Gasteiger partial charge in [-0.25, -0.2) is 0 Å². The summed E-state index contributed by atoms with van der Waals surface area (Å²) < 4.78 is 1.88. The van der Waals surface area contributed by atoms with E-state index in [-0.39, 0.29) is 23.2 Å². The number of benzene rings is 3. The Labute approximate surface area is 189 Å². The second-order valence-corrected chi connectivity index (χ2v) is 7.94. The number of aromatic nitrogens is 3. The number of hydrogen-bond acceptors (Lipinski definition) is 6. The number of rotatable bonds is 7. The van der Waals surface area contributed by atoms with Crippen LogP contribution in [-0.4, -0.2) is 37.3 Å². The molecule has 0 atom stereocenters. The molecule has 1 amide bonds.